The predicted molar refractivity (Wildman–Crippen MR) is 154 cm³/mol. The van der Waals surface area contributed by atoms with E-state index in [-0.39, 0.29) is 62.8 Å². The van der Waals surface area contributed by atoms with Crippen LogP contribution in [0.4, 0.5) is 10.5 Å². The number of anilines is 1. The van der Waals surface area contributed by atoms with Gasteiger partial charge < -0.3 is 51.0 Å². The fraction of sp³-hybridized carbons (Fsp3) is 0.517. The molecule has 8 N–H and O–H groups in total. The van der Waals surface area contributed by atoms with Gasteiger partial charge in [0.05, 0.1) is 43.6 Å². The average Bonchev–Trinajstić information content (AvgIpc) is 2.91. The number of rotatable bonds is 11. The van der Waals surface area contributed by atoms with Crippen molar-refractivity contribution in [3.63, 3.8) is 0 Å². The van der Waals surface area contributed by atoms with Crippen LogP contribution in [0.15, 0.2) is 34.8 Å². The summed E-state index contributed by atoms with van der Waals surface area (Å²) in [6, 6.07) is 1.82. The van der Waals surface area contributed by atoms with Gasteiger partial charge in [-0.3, -0.25) is 19.3 Å². The summed E-state index contributed by atoms with van der Waals surface area (Å²) < 4.78 is 16.0. The minimum Gasteiger partial charge on any atom is -0.510 e. The summed E-state index contributed by atoms with van der Waals surface area (Å²) in [5.74, 6) is -6.73. The molecule has 15 nitrogen and oxygen atoms in total. The van der Waals surface area contributed by atoms with E-state index < -0.39 is 63.6 Å². The molecule has 4 atom stereocenters. The maximum atomic E-state index is 14.2. The van der Waals surface area contributed by atoms with Crippen molar-refractivity contribution in [3.8, 4) is 5.75 Å². The van der Waals surface area contributed by atoms with Gasteiger partial charge in [0, 0.05) is 31.1 Å². The molecule has 2 amide bonds. The lowest BCUT2D eigenvalue weighted by molar-refractivity contribution is -0.152. The van der Waals surface area contributed by atoms with E-state index in [4.69, 9.17) is 20.9 Å². The van der Waals surface area contributed by atoms with Crippen LogP contribution < -0.4 is 16.4 Å². The molecule has 3 aliphatic carbocycles. The van der Waals surface area contributed by atoms with Crippen molar-refractivity contribution in [1.29, 1.82) is 0 Å². The Labute approximate surface area is 253 Å². The van der Waals surface area contributed by atoms with Gasteiger partial charge in [0.25, 0.3) is 5.91 Å². The number of likely N-dealkylation sites (N-methyl/N-ethyl adjacent to an activating group) is 1. The first-order valence-electron chi connectivity index (χ1n) is 13.9. The van der Waals surface area contributed by atoms with E-state index in [9.17, 15) is 39.6 Å². The summed E-state index contributed by atoms with van der Waals surface area (Å²) >= 11 is 0. The topological polar surface area (TPSA) is 235 Å². The Kier molecular flexibility index (Phi) is 8.98. The number of phenolic OH excluding ortho intramolecular Hbond substituents is 1. The molecule has 0 aromatic heterocycles. The molecule has 0 heterocycles. The molecule has 0 bridgehead atoms. The smallest absolute Gasteiger partial charge is 0.404 e. The third kappa shape index (κ3) is 5.25. The number of fused-ring (bicyclic) bond motifs is 3. The van der Waals surface area contributed by atoms with E-state index in [1.165, 1.54) is 11.0 Å². The first-order valence-corrected chi connectivity index (χ1v) is 13.9. The maximum absolute atomic E-state index is 14.2. The molecule has 0 unspecified atom stereocenters. The van der Waals surface area contributed by atoms with Gasteiger partial charge in [-0.25, -0.2) is 4.79 Å². The van der Waals surface area contributed by atoms with Crippen LogP contribution in [-0.4, -0.2) is 122 Å². The van der Waals surface area contributed by atoms with E-state index in [1.807, 2.05) is 0 Å². The number of ether oxygens (including phenoxy) is 3. The number of ketones is 2. The number of nitrogens with two attached hydrogens (primary N) is 2. The SMILES string of the molecule is CN(C)c1ccc(O)c2c1C[C@@]1(COCCOCCOC(N)=O)C[C@H]3[C@H](N(C)C)C(O)=C(C(N)=O)C(=O)[C@@]3(O)C(O)=C1C2=O. The highest BCUT2D eigenvalue weighted by Crippen LogP contribution is 2.58. The number of carbonyl (C=O) groups is 4. The fourth-order valence-electron chi connectivity index (χ4n) is 6.71. The number of amides is 2. The minimum atomic E-state index is -2.80. The third-order valence-corrected chi connectivity index (χ3v) is 8.51. The van der Waals surface area contributed by atoms with Crippen LogP contribution in [0.2, 0.25) is 0 Å². The summed E-state index contributed by atoms with van der Waals surface area (Å²) in [4.78, 5) is 54.1. The van der Waals surface area contributed by atoms with Gasteiger partial charge in [0.2, 0.25) is 5.78 Å². The van der Waals surface area contributed by atoms with Crippen molar-refractivity contribution in [2.45, 2.75) is 24.5 Å². The van der Waals surface area contributed by atoms with Gasteiger partial charge >= 0.3 is 6.09 Å². The summed E-state index contributed by atoms with van der Waals surface area (Å²) in [6.07, 6.45) is -1.06. The number of aliphatic hydroxyl groups is 3. The molecular weight excluding hydrogens is 580 g/mol. The highest BCUT2D eigenvalue weighted by Gasteiger charge is 2.66. The Morgan fingerprint density at radius 2 is 1.64 bits per heavy atom. The molecule has 3 aliphatic rings. The van der Waals surface area contributed by atoms with Crippen molar-refractivity contribution in [1.82, 2.24) is 4.90 Å². The molecule has 4 rings (SSSR count). The fourth-order valence-corrected chi connectivity index (χ4v) is 6.71. The van der Waals surface area contributed by atoms with Gasteiger partial charge in [-0.2, -0.15) is 0 Å². The van der Waals surface area contributed by atoms with Crippen molar-refractivity contribution >= 4 is 29.3 Å². The van der Waals surface area contributed by atoms with Crippen LogP contribution in [0.3, 0.4) is 0 Å². The largest absolute Gasteiger partial charge is 0.510 e. The van der Waals surface area contributed by atoms with Crippen molar-refractivity contribution in [2.24, 2.45) is 22.8 Å². The van der Waals surface area contributed by atoms with Crippen LogP contribution >= 0.6 is 0 Å². The summed E-state index contributed by atoms with van der Waals surface area (Å²) in [7, 11) is 6.63. The second-order valence-corrected chi connectivity index (χ2v) is 11.6. The number of benzene rings is 1. The number of hydrogen-bond acceptors (Lipinski definition) is 13. The number of primary amides is 2. The molecule has 0 spiro atoms. The number of nitrogens with zero attached hydrogens (tertiary/aromatic N) is 2. The maximum Gasteiger partial charge on any atom is 0.404 e. The predicted octanol–water partition coefficient (Wildman–Crippen LogP) is -0.315. The molecule has 1 aromatic carbocycles. The molecule has 240 valence electrons. The molecular formula is C29H38N4O11. The Hall–Kier alpha value is -4.18. The number of aliphatic hydroxyl groups excluding tert-OH is 2. The van der Waals surface area contributed by atoms with Crippen LogP contribution in [0, 0.1) is 11.3 Å². The second-order valence-electron chi connectivity index (χ2n) is 11.6. The zero-order valence-corrected chi connectivity index (χ0v) is 25.0. The molecule has 0 saturated carbocycles. The Bertz CT molecular complexity index is 1450. The molecule has 0 radical (unpaired) electrons. The lowest BCUT2D eigenvalue weighted by Gasteiger charge is -2.54. The summed E-state index contributed by atoms with van der Waals surface area (Å²) in [6.45, 7) is -0.136. The lowest BCUT2D eigenvalue weighted by atomic mass is 9.52. The molecule has 15 heteroatoms. The number of aromatic hydroxyl groups is 1. The highest BCUT2D eigenvalue weighted by molar-refractivity contribution is 6.25. The van der Waals surface area contributed by atoms with Crippen molar-refractivity contribution in [3.05, 3.63) is 45.9 Å². The standard InChI is InChI=1S/C29H38N4O11/c1-32(2)16-5-6-17(34)18-14(16)11-28(13-43-8-7-42-9-10-44-27(31)40)12-15-21(33(3)4)23(36)19(26(30)39)24(37)29(15,41)25(38)20(28)22(18)35/h5-6,15,21,34,36,38,41H,7-13H2,1-4H3,(H2,30,39)(H2,31,40)/t15-,21-,28-,29+/m0/s1. The first-order chi connectivity index (χ1) is 20.6. The van der Waals surface area contributed by atoms with E-state index in [0.717, 1.165) is 0 Å². The van der Waals surface area contributed by atoms with Gasteiger partial charge in [0.15, 0.2) is 11.4 Å². The monoisotopic (exact) mass is 618 g/mol. The first kappa shape index (κ1) is 32.7. The number of phenols is 1. The average molecular weight is 619 g/mol. The molecule has 0 aliphatic heterocycles. The van der Waals surface area contributed by atoms with E-state index in [1.54, 1.807) is 39.2 Å². The van der Waals surface area contributed by atoms with Crippen LogP contribution in [0.25, 0.3) is 0 Å². The number of hydrogen-bond donors (Lipinski definition) is 6. The number of carbonyl (C=O) groups excluding carboxylic acids is 4. The third-order valence-electron chi connectivity index (χ3n) is 8.51. The molecule has 0 fully saturated rings. The van der Waals surface area contributed by atoms with Gasteiger partial charge in [-0.15, -0.1) is 0 Å². The Morgan fingerprint density at radius 3 is 2.23 bits per heavy atom. The quantitative estimate of drug-likeness (QED) is 0.138. The van der Waals surface area contributed by atoms with Crippen LogP contribution in [0.5, 0.6) is 5.75 Å². The molecule has 0 saturated heterocycles. The van der Waals surface area contributed by atoms with E-state index in [2.05, 4.69) is 4.74 Å². The summed E-state index contributed by atoms with van der Waals surface area (Å²) in [5.41, 5.74) is 5.93. The zero-order chi connectivity index (χ0) is 32.7. The zero-order valence-electron chi connectivity index (χ0n) is 25.0. The van der Waals surface area contributed by atoms with E-state index >= 15 is 0 Å². The molecule has 1 aromatic rings. The van der Waals surface area contributed by atoms with Gasteiger partial charge in [-0.1, -0.05) is 0 Å². The second kappa shape index (κ2) is 12.1. The van der Waals surface area contributed by atoms with Gasteiger partial charge in [0.1, 0.15) is 29.4 Å². The number of Topliss-reactive ketones (excluding diaryl/α,β-unsaturated/α-hetero) is 2. The Morgan fingerprint density at radius 1 is 1.00 bits per heavy atom. The molecule has 44 heavy (non-hydrogen) atoms. The Balaban J connectivity index is 1.84. The van der Waals surface area contributed by atoms with Crippen LogP contribution in [-0.2, 0) is 30.2 Å². The van der Waals surface area contributed by atoms with Crippen molar-refractivity contribution < 1.29 is 53.8 Å². The minimum absolute atomic E-state index is 0.00986. The van der Waals surface area contributed by atoms with E-state index in [0.29, 0.717) is 11.3 Å². The summed E-state index contributed by atoms with van der Waals surface area (Å²) in [5, 5.41) is 45.6. The van der Waals surface area contributed by atoms with Crippen molar-refractivity contribution in [2.75, 3.05) is 66.1 Å². The van der Waals surface area contributed by atoms with Gasteiger partial charge in [-0.05, 0) is 44.6 Å². The van der Waals surface area contributed by atoms with Crippen LogP contribution in [0.1, 0.15) is 22.3 Å². The highest BCUT2D eigenvalue weighted by atomic mass is 16.6. The lowest BCUT2D eigenvalue weighted by Crippen LogP contribution is -2.66. The normalized spacial score (nSPS) is 26.3.